The van der Waals surface area contributed by atoms with E-state index in [1.54, 1.807) is 12.1 Å². The van der Waals surface area contributed by atoms with Crippen LogP contribution in [0.25, 0.3) is 0 Å². The van der Waals surface area contributed by atoms with E-state index in [4.69, 9.17) is 5.73 Å². The third-order valence-electron chi connectivity index (χ3n) is 4.12. The highest BCUT2D eigenvalue weighted by Gasteiger charge is 2.25. The summed E-state index contributed by atoms with van der Waals surface area (Å²) in [5.41, 5.74) is 7.29. The summed E-state index contributed by atoms with van der Waals surface area (Å²) in [5, 5.41) is 0. The highest BCUT2D eigenvalue weighted by atomic mass is 32.2. The second kappa shape index (κ2) is 5.04. The van der Waals surface area contributed by atoms with Gasteiger partial charge in [0.15, 0.2) is 9.84 Å². The van der Waals surface area contributed by atoms with E-state index in [0.29, 0.717) is 17.5 Å². The van der Waals surface area contributed by atoms with E-state index in [1.807, 2.05) is 6.07 Å². The van der Waals surface area contributed by atoms with Gasteiger partial charge >= 0.3 is 0 Å². The second-order valence-electron chi connectivity index (χ2n) is 5.65. The zero-order valence-electron chi connectivity index (χ0n) is 11.8. The van der Waals surface area contributed by atoms with Gasteiger partial charge < -0.3 is 10.6 Å². The fourth-order valence-electron chi connectivity index (χ4n) is 2.61. The number of rotatable bonds is 2. The number of nitrogen functional groups attached to an aromatic ring is 1. The van der Waals surface area contributed by atoms with Gasteiger partial charge in [0.05, 0.1) is 16.3 Å². The van der Waals surface area contributed by atoms with Gasteiger partial charge in [0.2, 0.25) is 0 Å². The molecule has 0 radical (unpaired) electrons. The molecule has 0 saturated carbocycles. The van der Waals surface area contributed by atoms with Gasteiger partial charge in [0.1, 0.15) is 0 Å². The molecule has 5 heteroatoms. The molecule has 0 aromatic heterocycles. The first-order valence-electron chi connectivity index (χ1n) is 6.64. The summed E-state index contributed by atoms with van der Waals surface area (Å²) in [6, 6.07) is 5.25. The van der Waals surface area contributed by atoms with Gasteiger partial charge in [0, 0.05) is 19.3 Å². The number of nitrogens with zero attached hydrogens (tertiary/aromatic N) is 1. The van der Waals surface area contributed by atoms with Crippen LogP contribution in [0.1, 0.15) is 20.3 Å². The Morgan fingerprint density at radius 2 is 1.95 bits per heavy atom. The summed E-state index contributed by atoms with van der Waals surface area (Å²) >= 11 is 0. The molecule has 19 heavy (non-hydrogen) atoms. The lowest BCUT2D eigenvalue weighted by Crippen LogP contribution is -2.38. The summed E-state index contributed by atoms with van der Waals surface area (Å²) in [7, 11) is -3.27. The van der Waals surface area contributed by atoms with Gasteiger partial charge in [-0.2, -0.15) is 0 Å². The molecule has 0 spiro atoms. The molecular formula is C14H22N2O2S. The molecule has 1 saturated heterocycles. The lowest BCUT2D eigenvalue weighted by Gasteiger charge is -2.37. The van der Waals surface area contributed by atoms with Gasteiger partial charge in [-0.15, -0.1) is 0 Å². The lowest BCUT2D eigenvalue weighted by atomic mass is 9.88. The molecule has 1 aromatic rings. The fraction of sp³-hybridized carbons (Fsp3) is 0.571. The number of hydrogen-bond acceptors (Lipinski definition) is 4. The molecule has 106 valence electrons. The van der Waals surface area contributed by atoms with Crippen molar-refractivity contribution in [1.29, 1.82) is 0 Å². The van der Waals surface area contributed by atoms with Gasteiger partial charge in [-0.25, -0.2) is 8.42 Å². The van der Waals surface area contributed by atoms with E-state index in [2.05, 4.69) is 18.7 Å². The first-order valence-corrected chi connectivity index (χ1v) is 8.53. The maximum absolute atomic E-state index is 11.7. The minimum Gasteiger partial charge on any atom is -0.396 e. The molecule has 0 bridgehead atoms. The minimum atomic E-state index is -3.27. The van der Waals surface area contributed by atoms with E-state index < -0.39 is 9.84 Å². The van der Waals surface area contributed by atoms with Gasteiger partial charge in [-0.05, 0) is 30.4 Å². The van der Waals surface area contributed by atoms with Crippen molar-refractivity contribution in [1.82, 2.24) is 0 Å². The fourth-order valence-corrected chi connectivity index (χ4v) is 3.44. The number of sulfone groups is 1. The number of nitrogens with two attached hydrogens (primary N) is 1. The zero-order chi connectivity index (χ0) is 14.2. The topological polar surface area (TPSA) is 63.4 Å². The molecule has 0 amide bonds. The Balaban J connectivity index is 2.36. The first kappa shape index (κ1) is 14.2. The molecule has 1 aliphatic heterocycles. The van der Waals surface area contributed by atoms with Crippen LogP contribution < -0.4 is 10.6 Å². The number of anilines is 2. The van der Waals surface area contributed by atoms with Crippen LogP contribution in [0.4, 0.5) is 11.4 Å². The molecule has 1 fully saturated rings. The Morgan fingerprint density at radius 3 is 2.53 bits per heavy atom. The largest absolute Gasteiger partial charge is 0.396 e. The number of piperidine rings is 1. The number of benzene rings is 1. The van der Waals surface area contributed by atoms with E-state index in [1.165, 1.54) is 6.26 Å². The van der Waals surface area contributed by atoms with Crippen LogP contribution in [-0.2, 0) is 9.84 Å². The van der Waals surface area contributed by atoms with Crippen LogP contribution in [0.15, 0.2) is 23.1 Å². The summed E-state index contributed by atoms with van der Waals surface area (Å²) in [4.78, 5) is 2.44. The SMILES string of the molecule is CC1CCN(c2cccc(S(C)(=O)=O)c2N)CC1C. The smallest absolute Gasteiger partial charge is 0.177 e. The van der Waals surface area contributed by atoms with E-state index in [0.717, 1.165) is 25.2 Å². The standard InChI is InChI=1S/C14H22N2O2S/c1-10-7-8-16(9-11(10)2)12-5-4-6-13(14(12)15)19(3,17)18/h4-6,10-11H,7-9,15H2,1-3H3. The summed E-state index contributed by atoms with van der Waals surface area (Å²) in [6.45, 7) is 6.35. The highest BCUT2D eigenvalue weighted by Crippen LogP contribution is 2.33. The predicted octanol–water partition coefficient (Wildman–Crippen LogP) is 2.15. The number of para-hydroxylation sites is 1. The molecular weight excluding hydrogens is 260 g/mol. The van der Waals surface area contributed by atoms with E-state index in [-0.39, 0.29) is 4.90 Å². The van der Waals surface area contributed by atoms with E-state index >= 15 is 0 Å². The normalized spacial score (nSPS) is 24.5. The summed E-state index contributed by atoms with van der Waals surface area (Å²) in [5.74, 6) is 1.30. The molecule has 4 nitrogen and oxygen atoms in total. The Morgan fingerprint density at radius 1 is 1.26 bits per heavy atom. The summed E-state index contributed by atoms with van der Waals surface area (Å²) < 4.78 is 23.4. The van der Waals surface area contributed by atoms with Crippen LogP contribution in [0.3, 0.4) is 0 Å². The predicted molar refractivity (Wildman–Crippen MR) is 79.1 cm³/mol. The molecule has 2 unspecified atom stereocenters. The molecule has 2 atom stereocenters. The Kier molecular flexibility index (Phi) is 3.76. The first-order chi connectivity index (χ1) is 8.80. The van der Waals surface area contributed by atoms with Crippen molar-refractivity contribution in [3.63, 3.8) is 0 Å². The molecule has 1 aromatic carbocycles. The summed E-state index contributed by atoms with van der Waals surface area (Å²) in [6.07, 6.45) is 2.31. The highest BCUT2D eigenvalue weighted by molar-refractivity contribution is 7.90. The van der Waals surface area contributed by atoms with Crippen molar-refractivity contribution >= 4 is 21.2 Å². The second-order valence-corrected chi connectivity index (χ2v) is 7.63. The van der Waals surface area contributed by atoms with Crippen molar-refractivity contribution in [3.8, 4) is 0 Å². The third kappa shape index (κ3) is 2.86. The Labute approximate surface area is 115 Å². The van der Waals surface area contributed by atoms with Crippen molar-refractivity contribution in [3.05, 3.63) is 18.2 Å². The average molecular weight is 282 g/mol. The third-order valence-corrected chi connectivity index (χ3v) is 5.27. The minimum absolute atomic E-state index is 0.233. The Hall–Kier alpha value is -1.23. The van der Waals surface area contributed by atoms with Gasteiger partial charge in [-0.1, -0.05) is 19.9 Å². The van der Waals surface area contributed by atoms with Crippen LogP contribution in [0, 0.1) is 11.8 Å². The maximum atomic E-state index is 11.7. The maximum Gasteiger partial charge on any atom is 0.177 e. The molecule has 1 aliphatic rings. The molecule has 1 heterocycles. The quantitative estimate of drug-likeness (QED) is 0.844. The van der Waals surface area contributed by atoms with Crippen molar-refractivity contribution in [2.24, 2.45) is 11.8 Å². The van der Waals surface area contributed by atoms with Crippen molar-refractivity contribution in [2.75, 3.05) is 30.0 Å². The monoisotopic (exact) mass is 282 g/mol. The molecule has 0 aliphatic carbocycles. The lowest BCUT2D eigenvalue weighted by molar-refractivity contribution is 0.324. The van der Waals surface area contributed by atoms with Crippen LogP contribution in [-0.4, -0.2) is 27.8 Å². The van der Waals surface area contributed by atoms with Crippen LogP contribution >= 0.6 is 0 Å². The average Bonchev–Trinajstić information content (AvgIpc) is 2.32. The molecule has 2 rings (SSSR count). The van der Waals surface area contributed by atoms with Crippen LogP contribution in [0.2, 0.25) is 0 Å². The van der Waals surface area contributed by atoms with Gasteiger partial charge in [-0.3, -0.25) is 0 Å². The van der Waals surface area contributed by atoms with Crippen molar-refractivity contribution < 1.29 is 8.42 Å². The molecule has 2 N–H and O–H groups in total. The van der Waals surface area contributed by atoms with Gasteiger partial charge in [0.25, 0.3) is 0 Å². The van der Waals surface area contributed by atoms with Crippen molar-refractivity contribution in [2.45, 2.75) is 25.2 Å². The number of hydrogen-bond donors (Lipinski definition) is 1. The van der Waals surface area contributed by atoms with Crippen LogP contribution in [0.5, 0.6) is 0 Å². The zero-order valence-corrected chi connectivity index (χ0v) is 12.6. The Bertz CT molecular complexity index is 569. The van der Waals surface area contributed by atoms with E-state index in [9.17, 15) is 8.42 Å².